The molecule has 90 valence electrons. The highest BCUT2D eigenvalue weighted by atomic mass is 19.1. The van der Waals surface area contributed by atoms with Crippen molar-refractivity contribution >= 4 is 0 Å². The number of benzene rings is 1. The Morgan fingerprint density at radius 2 is 1.69 bits per heavy atom. The molecule has 1 atom stereocenters. The second kappa shape index (κ2) is 5.47. The Morgan fingerprint density at radius 3 is 2.12 bits per heavy atom. The Balaban J connectivity index is 2.64. The van der Waals surface area contributed by atoms with E-state index in [0.29, 0.717) is 11.3 Å². The summed E-state index contributed by atoms with van der Waals surface area (Å²) >= 11 is 0. The fourth-order valence-corrected chi connectivity index (χ4v) is 1.95. The first kappa shape index (κ1) is 13.2. The lowest BCUT2D eigenvalue weighted by Gasteiger charge is -2.22. The summed E-state index contributed by atoms with van der Waals surface area (Å²) in [5, 5.41) is 0. The number of hydrogen-bond acceptors (Lipinski definition) is 0. The van der Waals surface area contributed by atoms with E-state index in [4.69, 9.17) is 0 Å². The van der Waals surface area contributed by atoms with Crippen molar-refractivity contribution in [1.82, 2.24) is 0 Å². The largest absolute Gasteiger partial charge is 0.207 e. The maximum absolute atomic E-state index is 12.8. The molecule has 0 radical (unpaired) electrons. The van der Waals surface area contributed by atoms with Crippen molar-refractivity contribution in [1.29, 1.82) is 0 Å². The van der Waals surface area contributed by atoms with Gasteiger partial charge in [-0.3, -0.25) is 0 Å². The molecule has 0 nitrogen and oxygen atoms in total. The average Bonchev–Trinajstić information content (AvgIpc) is 2.20. The molecule has 0 saturated carbocycles. The molecule has 0 saturated heterocycles. The molecule has 1 aromatic rings. The first-order valence-electron chi connectivity index (χ1n) is 6.18. The third-order valence-electron chi connectivity index (χ3n) is 3.08. The van der Waals surface area contributed by atoms with Crippen LogP contribution in [0.5, 0.6) is 0 Å². The zero-order valence-electron chi connectivity index (χ0n) is 10.9. The van der Waals surface area contributed by atoms with Gasteiger partial charge in [-0.05, 0) is 48.3 Å². The van der Waals surface area contributed by atoms with Crippen molar-refractivity contribution in [2.75, 3.05) is 0 Å². The third kappa shape index (κ3) is 4.34. The van der Waals surface area contributed by atoms with Crippen LogP contribution in [0.15, 0.2) is 24.3 Å². The van der Waals surface area contributed by atoms with Crippen LogP contribution in [0.25, 0.3) is 0 Å². The minimum atomic E-state index is -0.144. The molecule has 16 heavy (non-hydrogen) atoms. The van der Waals surface area contributed by atoms with Crippen molar-refractivity contribution < 1.29 is 4.39 Å². The van der Waals surface area contributed by atoms with E-state index < -0.39 is 0 Å². The fourth-order valence-electron chi connectivity index (χ4n) is 1.95. The van der Waals surface area contributed by atoms with Crippen LogP contribution in [-0.4, -0.2) is 0 Å². The highest BCUT2D eigenvalue weighted by molar-refractivity contribution is 5.20. The van der Waals surface area contributed by atoms with Crippen molar-refractivity contribution in [3.8, 4) is 0 Å². The van der Waals surface area contributed by atoms with E-state index in [9.17, 15) is 4.39 Å². The predicted octanol–water partition coefficient (Wildman–Crippen LogP) is 5.15. The predicted molar refractivity (Wildman–Crippen MR) is 68.1 cm³/mol. The zero-order valence-corrected chi connectivity index (χ0v) is 10.9. The van der Waals surface area contributed by atoms with E-state index in [2.05, 4.69) is 27.7 Å². The lowest BCUT2D eigenvalue weighted by molar-refractivity contribution is 0.346. The molecule has 0 spiro atoms. The summed E-state index contributed by atoms with van der Waals surface area (Å²) in [5.41, 5.74) is 1.65. The van der Waals surface area contributed by atoms with E-state index in [-0.39, 0.29) is 5.82 Å². The molecule has 0 N–H and O–H groups in total. The molecule has 0 aromatic heterocycles. The Bertz CT molecular complexity index is 305. The topological polar surface area (TPSA) is 0 Å². The van der Waals surface area contributed by atoms with Crippen LogP contribution in [0.4, 0.5) is 4.39 Å². The van der Waals surface area contributed by atoms with E-state index in [1.807, 2.05) is 12.1 Å². The van der Waals surface area contributed by atoms with Crippen LogP contribution in [0.1, 0.15) is 58.4 Å². The lowest BCUT2D eigenvalue weighted by atomic mass is 9.83. The third-order valence-corrected chi connectivity index (χ3v) is 3.08. The van der Waals surface area contributed by atoms with Crippen molar-refractivity contribution in [2.24, 2.45) is 5.41 Å². The highest BCUT2D eigenvalue weighted by Crippen LogP contribution is 2.30. The maximum Gasteiger partial charge on any atom is 0.123 e. The minimum absolute atomic E-state index is 0.144. The van der Waals surface area contributed by atoms with Crippen molar-refractivity contribution in [3.63, 3.8) is 0 Å². The summed E-state index contributed by atoms with van der Waals surface area (Å²) in [6.07, 6.45) is 3.52. The monoisotopic (exact) mass is 222 g/mol. The SMILES string of the molecule is CCC(CCC(C)(C)C)c1ccc(F)cc1. The Hall–Kier alpha value is -0.850. The van der Waals surface area contributed by atoms with Gasteiger partial charge in [-0.2, -0.15) is 0 Å². The zero-order chi connectivity index (χ0) is 12.2. The van der Waals surface area contributed by atoms with Gasteiger partial charge >= 0.3 is 0 Å². The maximum atomic E-state index is 12.8. The Kier molecular flexibility index (Phi) is 4.52. The Labute approximate surface area is 98.9 Å². The van der Waals surface area contributed by atoms with Gasteiger partial charge in [-0.15, -0.1) is 0 Å². The Morgan fingerprint density at radius 1 is 1.12 bits per heavy atom. The average molecular weight is 222 g/mol. The summed E-state index contributed by atoms with van der Waals surface area (Å²) in [6, 6.07) is 6.97. The molecule has 1 heteroatoms. The second-order valence-electron chi connectivity index (χ2n) is 5.76. The summed E-state index contributed by atoms with van der Waals surface area (Å²) in [7, 11) is 0. The molecule has 0 aliphatic rings. The van der Waals surface area contributed by atoms with Crippen molar-refractivity contribution in [3.05, 3.63) is 35.6 Å². The molecule has 0 heterocycles. The number of halogens is 1. The molecular formula is C15H23F. The van der Waals surface area contributed by atoms with Crippen LogP contribution in [0, 0.1) is 11.2 Å². The van der Waals surface area contributed by atoms with E-state index >= 15 is 0 Å². The molecule has 1 unspecified atom stereocenters. The molecular weight excluding hydrogens is 199 g/mol. The van der Waals surface area contributed by atoms with Gasteiger partial charge in [0, 0.05) is 0 Å². The second-order valence-corrected chi connectivity index (χ2v) is 5.76. The van der Waals surface area contributed by atoms with E-state index in [1.165, 1.54) is 18.4 Å². The van der Waals surface area contributed by atoms with E-state index in [0.717, 1.165) is 6.42 Å². The van der Waals surface area contributed by atoms with Gasteiger partial charge in [0.15, 0.2) is 0 Å². The molecule has 0 amide bonds. The number of hydrogen-bond donors (Lipinski definition) is 0. The van der Waals surface area contributed by atoms with Gasteiger partial charge in [-0.1, -0.05) is 39.8 Å². The van der Waals surface area contributed by atoms with Crippen molar-refractivity contribution in [2.45, 2.75) is 52.9 Å². The van der Waals surface area contributed by atoms with Crippen LogP contribution < -0.4 is 0 Å². The van der Waals surface area contributed by atoms with E-state index in [1.54, 1.807) is 12.1 Å². The summed E-state index contributed by atoms with van der Waals surface area (Å²) in [6.45, 7) is 9.01. The summed E-state index contributed by atoms with van der Waals surface area (Å²) in [4.78, 5) is 0. The first-order valence-corrected chi connectivity index (χ1v) is 6.18. The van der Waals surface area contributed by atoms with Gasteiger partial charge in [0.05, 0.1) is 0 Å². The molecule has 0 fully saturated rings. The number of rotatable bonds is 4. The van der Waals surface area contributed by atoms with Crippen LogP contribution in [0.2, 0.25) is 0 Å². The van der Waals surface area contributed by atoms with Crippen LogP contribution in [0.3, 0.4) is 0 Å². The molecule has 1 rings (SSSR count). The van der Waals surface area contributed by atoms with Gasteiger partial charge in [0.1, 0.15) is 5.82 Å². The highest BCUT2D eigenvalue weighted by Gasteiger charge is 2.15. The van der Waals surface area contributed by atoms with Gasteiger partial charge in [0.2, 0.25) is 0 Å². The molecule has 1 aromatic carbocycles. The molecule has 0 aliphatic carbocycles. The quantitative estimate of drug-likeness (QED) is 0.661. The van der Waals surface area contributed by atoms with Crippen LogP contribution >= 0.6 is 0 Å². The van der Waals surface area contributed by atoms with Gasteiger partial charge in [-0.25, -0.2) is 4.39 Å². The first-order chi connectivity index (χ1) is 7.42. The lowest BCUT2D eigenvalue weighted by Crippen LogP contribution is -2.08. The molecule has 0 aliphatic heterocycles. The molecule has 0 bridgehead atoms. The van der Waals surface area contributed by atoms with Crippen LogP contribution in [-0.2, 0) is 0 Å². The van der Waals surface area contributed by atoms with Gasteiger partial charge < -0.3 is 0 Å². The van der Waals surface area contributed by atoms with Gasteiger partial charge in [0.25, 0.3) is 0 Å². The summed E-state index contributed by atoms with van der Waals surface area (Å²) < 4.78 is 12.8. The summed E-state index contributed by atoms with van der Waals surface area (Å²) in [5.74, 6) is 0.425. The normalized spacial score (nSPS) is 13.8. The minimum Gasteiger partial charge on any atom is -0.207 e. The smallest absolute Gasteiger partial charge is 0.123 e. The fraction of sp³-hybridized carbons (Fsp3) is 0.600. The standard InChI is InChI=1S/C15H23F/c1-5-12(10-11-15(2,3)4)13-6-8-14(16)9-7-13/h6-9,12H,5,10-11H2,1-4H3.